The van der Waals surface area contributed by atoms with Gasteiger partial charge in [0, 0.05) is 13.7 Å². The zero-order valence-electron chi connectivity index (χ0n) is 8.21. The topological polar surface area (TPSA) is 18.5 Å². The fourth-order valence-electron chi connectivity index (χ4n) is 1.97. The highest BCUT2D eigenvalue weighted by atomic mass is 28.3. The molecule has 72 valence electrons. The molecule has 0 aliphatic heterocycles. The van der Waals surface area contributed by atoms with Crippen LogP contribution in [0.2, 0.25) is 5.54 Å². The fourth-order valence-corrected chi connectivity index (χ4v) is 4.10. The molecule has 0 spiro atoms. The lowest BCUT2D eigenvalue weighted by Crippen LogP contribution is -2.29. The molecule has 1 fully saturated rings. The lowest BCUT2D eigenvalue weighted by atomic mass is 10.0. The van der Waals surface area contributed by atoms with Crippen LogP contribution in [-0.2, 0) is 8.85 Å². The van der Waals surface area contributed by atoms with E-state index in [9.17, 15) is 0 Å². The molecule has 1 atom stereocenters. The predicted octanol–water partition coefficient (Wildman–Crippen LogP) is 2.22. The molecule has 1 aliphatic carbocycles. The van der Waals surface area contributed by atoms with Crippen LogP contribution in [0.4, 0.5) is 0 Å². The van der Waals surface area contributed by atoms with Crippen LogP contribution in [0.25, 0.3) is 0 Å². The SMILES string of the molecule is CCO[SiH](OC)C1CCCCC1. The van der Waals surface area contributed by atoms with Crippen LogP contribution < -0.4 is 0 Å². The average Bonchev–Trinajstić information content (AvgIpc) is 2.15. The summed E-state index contributed by atoms with van der Waals surface area (Å²) in [7, 11) is 0.512. The summed E-state index contributed by atoms with van der Waals surface area (Å²) in [4.78, 5) is 0. The van der Waals surface area contributed by atoms with Crippen LogP contribution >= 0.6 is 0 Å². The number of hydrogen-bond acceptors (Lipinski definition) is 2. The zero-order chi connectivity index (χ0) is 8.81. The van der Waals surface area contributed by atoms with Gasteiger partial charge in [-0.15, -0.1) is 0 Å². The summed E-state index contributed by atoms with van der Waals surface area (Å²) in [5, 5.41) is 0. The van der Waals surface area contributed by atoms with Crippen molar-refractivity contribution in [3.63, 3.8) is 0 Å². The standard InChI is InChI=1S/C9H20O2Si/c1-3-11-12(10-2)9-7-5-4-6-8-9/h9,12H,3-8H2,1-2H3. The lowest BCUT2D eigenvalue weighted by molar-refractivity contribution is 0.221. The van der Waals surface area contributed by atoms with Gasteiger partial charge in [-0.2, -0.15) is 0 Å². The first kappa shape index (κ1) is 10.2. The maximum Gasteiger partial charge on any atom is 0.324 e. The normalized spacial score (nSPS) is 22.5. The zero-order valence-corrected chi connectivity index (χ0v) is 9.37. The van der Waals surface area contributed by atoms with E-state index in [0.29, 0.717) is 0 Å². The van der Waals surface area contributed by atoms with E-state index in [2.05, 4.69) is 6.92 Å². The molecule has 1 rings (SSSR count). The first-order valence-electron chi connectivity index (χ1n) is 5.03. The highest BCUT2D eigenvalue weighted by Gasteiger charge is 2.26. The second kappa shape index (κ2) is 5.73. The molecule has 0 aromatic heterocycles. The third-order valence-corrected chi connectivity index (χ3v) is 5.16. The summed E-state index contributed by atoms with van der Waals surface area (Å²) >= 11 is 0. The second-order valence-corrected chi connectivity index (χ2v) is 5.94. The van der Waals surface area contributed by atoms with Crippen molar-refractivity contribution in [2.75, 3.05) is 13.7 Å². The Morgan fingerprint density at radius 1 is 1.25 bits per heavy atom. The van der Waals surface area contributed by atoms with Crippen LogP contribution in [0.1, 0.15) is 39.0 Å². The van der Waals surface area contributed by atoms with E-state index in [0.717, 1.165) is 12.1 Å². The van der Waals surface area contributed by atoms with Gasteiger partial charge in [-0.25, -0.2) is 0 Å². The van der Waals surface area contributed by atoms with E-state index in [1.807, 2.05) is 0 Å². The van der Waals surface area contributed by atoms with Gasteiger partial charge in [0.2, 0.25) is 0 Å². The van der Waals surface area contributed by atoms with Gasteiger partial charge in [-0.3, -0.25) is 0 Å². The highest BCUT2D eigenvalue weighted by molar-refractivity contribution is 6.46. The van der Waals surface area contributed by atoms with Crippen molar-refractivity contribution < 1.29 is 8.85 Å². The molecular weight excluding hydrogens is 168 g/mol. The molecule has 0 bridgehead atoms. The quantitative estimate of drug-likeness (QED) is 0.630. The van der Waals surface area contributed by atoms with E-state index >= 15 is 0 Å². The van der Waals surface area contributed by atoms with Gasteiger partial charge in [0.1, 0.15) is 0 Å². The maximum atomic E-state index is 5.65. The van der Waals surface area contributed by atoms with E-state index in [-0.39, 0.29) is 0 Å². The summed E-state index contributed by atoms with van der Waals surface area (Å²) in [5.74, 6) is 0. The summed E-state index contributed by atoms with van der Waals surface area (Å²) in [6.45, 7) is 2.88. The molecule has 0 aromatic carbocycles. The molecule has 1 unspecified atom stereocenters. The summed E-state index contributed by atoms with van der Waals surface area (Å²) < 4.78 is 11.1. The fraction of sp³-hybridized carbons (Fsp3) is 1.00. The van der Waals surface area contributed by atoms with Crippen molar-refractivity contribution in [3.05, 3.63) is 0 Å². The summed E-state index contributed by atoms with van der Waals surface area (Å²) in [6, 6.07) is 0. The second-order valence-electron chi connectivity index (χ2n) is 3.46. The van der Waals surface area contributed by atoms with Crippen LogP contribution in [0.15, 0.2) is 0 Å². The first-order chi connectivity index (χ1) is 5.88. The van der Waals surface area contributed by atoms with Crippen LogP contribution in [0.3, 0.4) is 0 Å². The summed E-state index contributed by atoms with van der Waals surface area (Å²) in [6.07, 6.45) is 6.85. The third kappa shape index (κ3) is 2.88. The van der Waals surface area contributed by atoms with Crippen LogP contribution in [0, 0.1) is 0 Å². The molecule has 0 aromatic rings. The van der Waals surface area contributed by atoms with Gasteiger partial charge < -0.3 is 8.85 Å². The van der Waals surface area contributed by atoms with E-state index in [4.69, 9.17) is 8.85 Å². The Hall–Kier alpha value is 0.137. The van der Waals surface area contributed by atoms with Crippen molar-refractivity contribution in [2.24, 2.45) is 0 Å². The molecule has 12 heavy (non-hydrogen) atoms. The molecule has 3 heteroatoms. The van der Waals surface area contributed by atoms with E-state index in [1.165, 1.54) is 32.1 Å². The van der Waals surface area contributed by atoms with Gasteiger partial charge in [-0.1, -0.05) is 19.3 Å². The van der Waals surface area contributed by atoms with E-state index < -0.39 is 9.28 Å². The molecule has 0 N–H and O–H groups in total. The van der Waals surface area contributed by atoms with Gasteiger partial charge in [0.25, 0.3) is 0 Å². The largest absolute Gasteiger partial charge is 0.400 e. The van der Waals surface area contributed by atoms with Gasteiger partial charge in [-0.05, 0) is 25.3 Å². The molecule has 2 nitrogen and oxygen atoms in total. The lowest BCUT2D eigenvalue weighted by Gasteiger charge is -2.26. The predicted molar refractivity (Wildman–Crippen MR) is 52.6 cm³/mol. The monoisotopic (exact) mass is 188 g/mol. The molecule has 0 radical (unpaired) electrons. The van der Waals surface area contributed by atoms with Gasteiger partial charge in [0.15, 0.2) is 0 Å². The molecule has 1 aliphatic rings. The minimum absolute atomic E-state index is 0.781. The molecule has 0 saturated heterocycles. The third-order valence-electron chi connectivity index (χ3n) is 2.60. The molecule has 0 amide bonds. The van der Waals surface area contributed by atoms with Crippen LogP contribution in [-0.4, -0.2) is 23.0 Å². The van der Waals surface area contributed by atoms with Gasteiger partial charge in [0.05, 0.1) is 0 Å². The Morgan fingerprint density at radius 2 is 1.92 bits per heavy atom. The summed E-state index contributed by atoms with van der Waals surface area (Å²) in [5.41, 5.74) is 0.781. The molecule has 1 saturated carbocycles. The minimum atomic E-state index is -1.29. The number of hydrogen-bond donors (Lipinski definition) is 0. The Bertz CT molecular complexity index is 110. The Kier molecular flexibility index (Phi) is 4.88. The minimum Gasteiger partial charge on any atom is -0.400 e. The van der Waals surface area contributed by atoms with Crippen molar-refractivity contribution in [3.8, 4) is 0 Å². The van der Waals surface area contributed by atoms with Crippen molar-refractivity contribution in [1.29, 1.82) is 0 Å². The smallest absolute Gasteiger partial charge is 0.324 e. The van der Waals surface area contributed by atoms with Gasteiger partial charge >= 0.3 is 9.28 Å². The molecule has 0 heterocycles. The Balaban J connectivity index is 2.29. The van der Waals surface area contributed by atoms with E-state index in [1.54, 1.807) is 7.11 Å². The highest BCUT2D eigenvalue weighted by Crippen LogP contribution is 2.31. The van der Waals surface area contributed by atoms with Crippen LogP contribution in [0.5, 0.6) is 0 Å². The molecular formula is C9H20O2Si. The van der Waals surface area contributed by atoms with Crippen molar-refractivity contribution >= 4 is 9.28 Å². The maximum absolute atomic E-state index is 5.65. The average molecular weight is 188 g/mol. The number of rotatable bonds is 4. The first-order valence-corrected chi connectivity index (χ1v) is 6.63. The van der Waals surface area contributed by atoms with Crippen molar-refractivity contribution in [1.82, 2.24) is 0 Å². The van der Waals surface area contributed by atoms with Crippen molar-refractivity contribution in [2.45, 2.75) is 44.6 Å². The Morgan fingerprint density at radius 3 is 2.42 bits per heavy atom. The Labute approximate surface area is 77.1 Å².